The van der Waals surface area contributed by atoms with E-state index in [9.17, 15) is 0 Å². The lowest BCUT2D eigenvalue weighted by Gasteiger charge is -2.03. The van der Waals surface area contributed by atoms with Gasteiger partial charge in [0, 0.05) is 17.8 Å². The second kappa shape index (κ2) is 8.58. The van der Waals surface area contributed by atoms with Gasteiger partial charge in [0.05, 0.1) is 0 Å². The monoisotopic (exact) mass is 257 g/mol. The Balaban J connectivity index is 3.21. The van der Waals surface area contributed by atoms with Gasteiger partial charge in [0.1, 0.15) is 0 Å². The highest BCUT2D eigenvalue weighted by molar-refractivity contribution is 5.60. The Hall–Kier alpha value is -1.50. The molecular formula is C18H27N. The highest BCUT2D eigenvalue weighted by atomic mass is 14.7. The standard InChI is InChI=1S/C18H27N/c1-5-9-10-14-16-15(11-6-2)17(12-7-3)19-18(16)13-8-4/h5,8-10,14,19H,4,6-7,11-13H2,1-3H3. The highest BCUT2D eigenvalue weighted by Gasteiger charge is 2.13. The van der Waals surface area contributed by atoms with Crippen molar-refractivity contribution < 1.29 is 0 Å². The molecule has 0 aromatic carbocycles. The minimum Gasteiger partial charge on any atom is -0.361 e. The van der Waals surface area contributed by atoms with Crippen LogP contribution >= 0.6 is 0 Å². The molecule has 1 heteroatoms. The third-order valence-corrected chi connectivity index (χ3v) is 3.23. The Bertz CT molecular complexity index is 447. The van der Waals surface area contributed by atoms with E-state index in [2.05, 4.69) is 49.7 Å². The topological polar surface area (TPSA) is 15.8 Å². The second-order valence-corrected chi connectivity index (χ2v) is 4.85. The smallest absolute Gasteiger partial charge is 0.0263 e. The van der Waals surface area contributed by atoms with E-state index in [0.29, 0.717) is 0 Å². The van der Waals surface area contributed by atoms with Crippen LogP contribution in [0.15, 0.2) is 30.9 Å². The summed E-state index contributed by atoms with van der Waals surface area (Å²) in [7, 11) is 0. The first-order valence-electron chi connectivity index (χ1n) is 7.41. The maximum Gasteiger partial charge on any atom is 0.0263 e. The van der Waals surface area contributed by atoms with Crippen molar-refractivity contribution in [1.82, 2.24) is 4.98 Å². The van der Waals surface area contributed by atoms with Crippen molar-refractivity contribution >= 4 is 6.08 Å². The molecule has 1 rings (SSSR count). The zero-order valence-corrected chi connectivity index (χ0v) is 12.6. The molecule has 0 fully saturated rings. The first-order chi connectivity index (χ1) is 9.28. The van der Waals surface area contributed by atoms with Crippen LogP contribution in [-0.2, 0) is 19.3 Å². The number of aromatic amines is 1. The predicted molar refractivity (Wildman–Crippen MR) is 86.5 cm³/mol. The van der Waals surface area contributed by atoms with E-state index in [-0.39, 0.29) is 0 Å². The zero-order chi connectivity index (χ0) is 14.1. The minimum atomic E-state index is 0.913. The van der Waals surface area contributed by atoms with Gasteiger partial charge < -0.3 is 4.98 Å². The molecule has 0 aliphatic rings. The van der Waals surface area contributed by atoms with E-state index < -0.39 is 0 Å². The van der Waals surface area contributed by atoms with E-state index >= 15 is 0 Å². The number of nitrogens with one attached hydrogen (secondary N) is 1. The number of aromatic nitrogens is 1. The SMILES string of the molecule is C=CCc1[nH]c(CCC)c(CCC)c1C=CC=CC. The summed E-state index contributed by atoms with van der Waals surface area (Å²) in [5, 5.41) is 0. The lowest BCUT2D eigenvalue weighted by Crippen LogP contribution is -1.92. The van der Waals surface area contributed by atoms with Crippen LogP contribution in [0.3, 0.4) is 0 Å². The van der Waals surface area contributed by atoms with Gasteiger partial charge in [0.2, 0.25) is 0 Å². The molecule has 1 aromatic rings. The van der Waals surface area contributed by atoms with E-state index in [0.717, 1.165) is 19.3 Å². The van der Waals surface area contributed by atoms with Crippen LogP contribution in [0.4, 0.5) is 0 Å². The van der Waals surface area contributed by atoms with E-state index in [1.165, 1.54) is 35.4 Å². The van der Waals surface area contributed by atoms with Gasteiger partial charge in [-0.25, -0.2) is 0 Å². The summed E-state index contributed by atoms with van der Waals surface area (Å²) >= 11 is 0. The first kappa shape index (κ1) is 15.6. The van der Waals surface area contributed by atoms with Crippen LogP contribution < -0.4 is 0 Å². The van der Waals surface area contributed by atoms with Gasteiger partial charge in [0.25, 0.3) is 0 Å². The molecule has 0 saturated carbocycles. The molecule has 0 aliphatic carbocycles. The molecule has 1 nitrogen and oxygen atoms in total. The van der Waals surface area contributed by atoms with Crippen molar-refractivity contribution in [1.29, 1.82) is 0 Å². The van der Waals surface area contributed by atoms with Crippen molar-refractivity contribution in [2.45, 2.75) is 52.9 Å². The Labute approximate surface area is 118 Å². The summed E-state index contributed by atoms with van der Waals surface area (Å²) in [5.74, 6) is 0. The van der Waals surface area contributed by atoms with E-state index in [1.54, 1.807) is 0 Å². The van der Waals surface area contributed by atoms with Crippen molar-refractivity contribution in [3.8, 4) is 0 Å². The van der Waals surface area contributed by atoms with Gasteiger partial charge in [-0.05, 0) is 30.9 Å². The molecule has 0 amide bonds. The number of H-pyrrole nitrogens is 1. The fourth-order valence-corrected chi connectivity index (χ4v) is 2.44. The summed E-state index contributed by atoms with van der Waals surface area (Å²) in [6, 6.07) is 0. The number of aryl methyl sites for hydroxylation is 1. The molecule has 0 aliphatic heterocycles. The fourth-order valence-electron chi connectivity index (χ4n) is 2.44. The molecular weight excluding hydrogens is 230 g/mol. The van der Waals surface area contributed by atoms with Crippen LogP contribution in [0.2, 0.25) is 0 Å². The summed E-state index contributed by atoms with van der Waals surface area (Å²) in [5.41, 5.74) is 5.61. The summed E-state index contributed by atoms with van der Waals surface area (Å²) in [6.45, 7) is 10.4. The molecule has 0 radical (unpaired) electrons. The highest BCUT2D eigenvalue weighted by Crippen LogP contribution is 2.24. The molecule has 0 saturated heterocycles. The van der Waals surface area contributed by atoms with E-state index in [1.807, 2.05) is 13.0 Å². The fraction of sp³-hybridized carbons (Fsp3) is 0.444. The van der Waals surface area contributed by atoms with Gasteiger partial charge in [-0.15, -0.1) is 6.58 Å². The quantitative estimate of drug-likeness (QED) is 0.484. The molecule has 104 valence electrons. The number of hydrogen-bond acceptors (Lipinski definition) is 0. The Morgan fingerprint density at radius 1 is 1.05 bits per heavy atom. The third kappa shape index (κ3) is 4.27. The number of rotatable bonds is 8. The lowest BCUT2D eigenvalue weighted by atomic mass is 10.0. The van der Waals surface area contributed by atoms with Crippen LogP contribution in [0.25, 0.3) is 6.08 Å². The van der Waals surface area contributed by atoms with Crippen molar-refractivity contribution in [3.63, 3.8) is 0 Å². The van der Waals surface area contributed by atoms with Crippen LogP contribution in [0, 0.1) is 0 Å². The Kier molecular flexibility index (Phi) is 7.02. The Morgan fingerprint density at radius 2 is 1.79 bits per heavy atom. The average Bonchev–Trinajstić information content (AvgIpc) is 2.70. The zero-order valence-electron chi connectivity index (χ0n) is 12.6. The minimum absolute atomic E-state index is 0.913. The molecule has 19 heavy (non-hydrogen) atoms. The van der Waals surface area contributed by atoms with Crippen LogP contribution in [0.1, 0.15) is 56.1 Å². The van der Waals surface area contributed by atoms with E-state index in [4.69, 9.17) is 0 Å². The van der Waals surface area contributed by atoms with Gasteiger partial charge >= 0.3 is 0 Å². The average molecular weight is 257 g/mol. The first-order valence-corrected chi connectivity index (χ1v) is 7.41. The van der Waals surface area contributed by atoms with Crippen molar-refractivity contribution in [2.24, 2.45) is 0 Å². The predicted octanol–water partition coefficient (Wildman–Crippen LogP) is 5.24. The molecule has 1 aromatic heterocycles. The van der Waals surface area contributed by atoms with Gasteiger partial charge in [-0.2, -0.15) is 0 Å². The molecule has 0 unspecified atom stereocenters. The molecule has 1 heterocycles. The Morgan fingerprint density at radius 3 is 2.37 bits per heavy atom. The number of allylic oxidation sites excluding steroid dienone is 4. The molecule has 1 N–H and O–H groups in total. The summed E-state index contributed by atoms with van der Waals surface area (Å²) in [4.78, 5) is 3.62. The van der Waals surface area contributed by atoms with Crippen molar-refractivity contribution in [2.75, 3.05) is 0 Å². The van der Waals surface area contributed by atoms with Gasteiger partial charge in [-0.3, -0.25) is 0 Å². The number of hydrogen-bond donors (Lipinski definition) is 1. The third-order valence-electron chi connectivity index (χ3n) is 3.23. The maximum atomic E-state index is 3.87. The molecule has 0 atom stereocenters. The van der Waals surface area contributed by atoms with Crippen LogP contribution in [0.5, 0.6) is 0 Å². The molecule has 0 bridgehead atoms. The lowest BCUT2D eigenvalue weighted by molar-refractivity contribution is 0.842. The maximum absolute atomic E-state index is 3.87. The normalized spacial score (nSPS) is 11.7. The summed E-state index contributed by atoms with van der Waals surface area (Å²) in [6.07, 6.45) is 16.1. The molecule has 0 spiro atoms. The van der Waals surface area contributed by atoms with Crippen LogP contribution in [-0.4, -0.2) is 4.98 Å². The van der Waals surface area contributed by atoms with Gasteiger partial charge in [-0.1, -0.05) is 57.1 Å². The second-order valence-electron chi connectivity index (χ2n) is 4.85. The largest absolute Gasteiger partial charge is 0.361 e. The summed E-state index contributed by atoms with van der Waals surface area (Å²) < 4.78 is 0. The van der Waals surface area contributed by atoms with Crippen molar-refractivity contribution in [3.05, 3.63) is 53.4 Å². The van der Waals surface area contributed by atoms with Gasteiger partial charge in [0.15, 0.2) is 0 Å².